The molecule has 0 spiro atoms. The van der Waals surface area contributed by atoms with E-state index >= 15 is 0 Å². The Morgan fingerprint density at radius 3 is 1.79 bits per heavy atom. The van der Waals surface area contributed by atoms with E-state index in [0.29, 0.717) is 0 Å². The van der Waals surface area contributed by atoms with Gasteiger partial charge in [0.2, 0.25) is 5.79 Å². The average molecular weight is 268 g/mol. The van der Waals surface area contributed by atoms with Crippen molar-refractivity contribution >= 4 is 11.9 Å². The van der Waals surface area contributed by atoms with Gasteiger partial charge in [0.1, 0.15) is 11.8 Å². The van der Waals surface area contributed by atoms with Gasteiger partial charge in [-0.05, 0) is 0 Å². The first-order valence-electron chi connectivity index (χ1n) is 6.32. The van der Waals surface area contributed by atoms with Gasteiger partial charge in [-0.25, -0.2) is 0 Å². The number of hydrogen-bond acceptors (Lipinski definition) is 7. The number of esters is 2. The summed E-state index contributed by atoms with van der Waals surface area (Å²) in [6.07, 6.45) is -1.02. The molecule has 6 fully saturated rings. The molecular formula is C12H12O7. The van der Waals surface area contributed by atoms with Crippen LogP contribution in [0.4, 0.5) is 0 Å². The lowest BCUT2D eigenvalue weighted by Crippen LogP contribution is -2.64. The smallest absolute Gasteiger partial charge is 0.315 e. The minimum atomic E-state index is -1.29. The van der Waals surface area contributed by atoms with Crippen LogP contribution in [0.25, 0.3) is 0 Å². The Kier molecular flexibility index (Phi) is 1.48. The van der Waals surface area contributed by atoms with E-state index in [1.54, 1.807) is 0 Å². The van der Waals surface area contributed by atoms with Crippen molar-refractivity contribution < 1.29 is 33.3 Å². The summed E-state index contributed by atoms with van der Waals surface area (Å²) in [4.78, 5) is 24.2. The summed E-state index contributed by atoms with van der Waals surface area (Å²) in [5, 5.41) is 0. The molecule has 102 valence electrons. The first-order valence-corrected chi connectivity index (χ1v) is 6.32. The number of rotatable bonds is 2. The average Bonchev–Trinajstić information content (AvgIpc) is 2.99. The second-order valence-electron chi connectivity index (χ2n) is 5.78. The fourth-order valence-corrected chi connectivity index (χ4v) is 5.05. The zero-order valence-corrected chi connectivity index (χ0v) is 10.3. The monoisotopic (exact) mass is 268 g/mol. The second kappa shape index (κ2) is 2.65. The standard InChI is InChI=1S/C12H12O7/c1-15-11-5-3-4-6(11)10(14)18-8(4)12(16-2,19-11)7(3)17-9(5)13/h3-8H,1-2H3. The Balaban J connectivity index is 1.82. The number of carbonyl (C=O) groups excluding carboxylic acids is 2. The van der Waals surface area contributed by atoms with E-state index in [4.69, 9.17) is 23.7 Å². The molecule has 6 rings (SSSR count). The van der Waals surface area contributed by atoms with Gasteiger partial charge in [-0.1, -0.05) is 0 Å². The molecule has 0 aromatic heterocycles. The van der Waals surface area contributed by atoms with Gasteiger partial charge >= 0.3 is 11.9 Å². The first-order chi connectivity index (χ1) is 9.10. The van der Waals surface area contributed by atoms with E-state index in [1.165, 1.54) is 14.2 Å². The minimum Gasteiger partial charge on any atom is -0.456 e. The molecule has 0 amide bonds. The van der Waals surface area contributed by atoms with Crippen LogP contribution >= 0.6 is 0 Å². The minimum absolute atomic E-state index is 0.123. The Bertz CT molecular complexity index is 492. The lowest BCUT2D eigenvalue weighted by Gasteiger charge is -2.46. The quantitative estimate of drug-likeness (QED) is 0.597. The van der Waals surface area contributed by atoms with Crippen molar-refractivity contribution in [2.45, 2.75) is 23.8 Å². The Hall–Kier alpha value is -1.18. The third-order valence-electron chi connectivity index (χ3n) is 5.52. The maximum Gasteiger partial charge on any atom is 0.315 e. The summed E-state index contributed by atoms with van der Waals surface area (Å²) < 4.78 is 27.8. The molecule has 0 aromatic rings. The van der Waals surface area contributed by atoms with Gasteiger partial charge in [0.25, 0.3) is 0 Å². The summed E-state index contributed by atoms with van der Waals surface area (Å²) in [5.41, 5.74) is 0. The van der Waals surface area contributed by atoms with Crippen LogP contribution in [0.5, 0.6) is 0 Å². The summed E-state index contributed by atoms with van der Waals surface area (Å²) >= 11 is 0. The lowest BCUT2D eigenvalue weighted by atomic mass is 9.86. The lowest BCUT2D eigenvalue weighted by molar-refractivity contribution is -0.406. The molecule has 8 bridgehead atoms. The summed E-state index contributed by atoms with van der Waals surface area (Å²) in [7, 11) is 2.91. The Morgan fingerprint density at radius 1 is 0.895 bits per heavy atom. The number of ether oxygens (including phenoxy) is 5. The van der Waals surface area contributed by atoms with Gasteiger partial charge in [0.15, 0.2) is 18.0 Å². The van der Waals surface area contributed by atoms with Crippen molar-refractivity contribution in [2.24, 2.45) is 23.7 Å². The number of methoxy groups -OCH3 is 2. The summed E-state index contributed by atoms with van der Waals surface area (Å²) in [6, 6.07) is 0. The van der Waals surface area contributed by atoms with Crippen LogP contribution < -0.4 is 0 Å². The van der Waals surface area contributed by atoms with Crippen LogP contribution in [0.2, 0.25) is 0 Å². The second-order valence-corrected chi connectivity index (χ2v) is 5.78. The molecule has 19 heavy (non-hydrogen) atoms. The number of carbonyl (C=O) groups is 2. The molecule has 6 unspecified atom stereocenters. The van der Waals surface area contributed by atoms with Crippen LogP contribution in [0, 0.1) is 23.7 Å². The number of hydrogen-bond donors (Lipinski definition) is 0. The highest BCUT2D eigenvalue weighted by Gasteiger charge is 2.92. The molecule has 6 aliphatic rings. The largest absolute Gasteiger partial charge is 0.456 e. The molecular weight excluding hydrogens is 256 g/mol. The fourth-order valence-electron chi connectivity index (χ4n) is 5.05. The van der Waals surface area contributed by atoms with Crippen molar-refractivity contribution in [1.82, 2.24) is 0 Å². The van der Waals surface area contributed by atoms with E-state index in [9.17, 15) is 9.59 Å². The van der Waals surface area contributed by atoms with Crippen molar-refractivity contribution in [2.75, 3.05) is 14.2 Å². The van der Waals surface area contributed by atoms with Gasteiger partial charge < -0.3 is 23.7 Å². The van der Waals surface area contributed by atoms with Gasteiger partial charge in [-0.3, -0.25) is 9.59 Å². The van der Waals surface area contributed by atoms with Crippen LogP contribution in [0.3, 0.4) is 0 Å². The van der Waals surface area contributed by atoms with Crippen LogP contribution in [0.15, 0.2) is 0 Å². The third-order valence-corrected chi connectivity index (χ3v) is 5.52. The molecule has 0 aromatic carbocycles. The molecule has 0 radical (unpaired) electrons. The summed E-state index contributed by atoms with van der Waals surface area (Å²) in [5.74, 6) is -4.59. The van der Waals surface area contributed by atoms with E-state index < -0.39 is 35.6 Å². The van der Waals surface area contributed by atoms with Crippen molar-refractivity contribution in [1.29, 1.82) is 0 Å². The van der Waals surface area contributed by atoms with Gasteiger partial charge in [-0.15, -0.1) is 0 Å². The maximum absolute atomic E-state index is 12.1. The van der Waals surface area contributed by atoms with Gasteiger partial charge in [0, 0.05) is 26.1 Å². The van der Waals surface area contributed by atoms with E-state index in [2.05, 4.69) is 0 Å². The first kappa shape index (κ1) is 10.6. The van der Waals surface area contributed by atoms with Crippen LogP contribution in [0.1, 0.15) is 0 Å². The van der Waals surface area contributed by atoms with Crippen LogP contribution in [-0.2, 0) is 33.3 Å². The third kappa shape index (κ3) is 0.737. The molecule has 7 nitrogen and oxygen atoms in total. The maximum atomic E-state index is 12.1. The van der Waals surface area contributed by atoms with Crippen molar-refractivity contribution in [3.63, 3.8) is 0 Å². The predicted molar refractivity (Wildman–Crippen MR) is 54.3 cm³/mol. The highest BCUT2D eigenvalue weighted by molar-refractivity contribution is 5.86. The normalized spacial score (nSPS) is 62.8. The molecule has 2 saturated carbocycles. The predicted octanol–water partition coefficient (Wildman–Crippen LogP) is -0.955. The molecule has 4 aliphatic heterocycles. The van der Waals surface area contributed by atoms with Crippen molar-refractivity contribution in [3.05, 3.63) is 0 Å². The van der Waals surface area contributed by atoms with E-state index in [1.807, 2.05) is 0 Å². The zero-order valence-electron chi connectivity index (χ0n) is 10.3. The molecule has 2 aliphatic carbocycles. The summed E-state index contributed by atoms with van der Waals surface area (Å²) in [6.45, 7) is 0. The highest BCUT2D eigenvalue weighted by atomic mass is 16.8. The topological polar surface area (TPSA) is 80.3 Å². The fraction of sp³-hybridized carbons (Fsp3) is 0.833. The molecule has 6 atom stereocenters. The zero-order chi connectivity index (χ0) is 13.2. The van der Waals surface area contributed by atoms with Gasteiger partial charge in [0.05, 0.1) is 0 Å². The molecule has 4 saturated heterocycles. The van der Waals surface area contributed by atoms with Gasteiger partial charge in [-0.2, -0.15) is 0 Å². The van der Waals surface area contributed by atoms with E-state index in [-0.39, 0.29) is 23.8 Å². The van der Waals surface area contributed by atoms with E-state index in [0.717, 1.165) is 0 Å². The SMILES string of the molecule is COC12OC3(OC)C4C(=O)OC1C4C1C2OC(=O)C13. The Labute approximate surface area is 108 Å². The molecule has 0 N–H and O–H groups in total. The van der Waals surface area contributed by atoms with Crippen LogP contribution in [-0.4, -0.2) is 49.9 Å². The molecule has 4 heterocycles. The molecule has 7 heteroatoms. The Morgan fingerprint density at radius 2 is 1.37 bits per heavy atom. The highest BCUT2D eigenvalue weighted by Crippen LogP contribution is 2.73. The van der Waals surface area contributed by atoms with Crippen molar-refractivity contribution in [3.8, 4) is 0 Å².